The van der Waals surface area contributed by atoms with E-state index in [4.69, 9.17) is 9.47 Å². The Morgan fingerprint density at radius 3 is 1.72 bits per heavy atom. The third kappa shape index (κ3) is 3.32. The highest BCUT2D eigenvalue weighted by Gasteiger charge is 2.51. The molecule has 7 aromatic carbocycles. The normalized spacial score (nSPS) is 13.7. The van der Waals surface area contributed by atoms with E-state index in [0.29, 0.717) is 0 Å². The second-order valence-corrected chi connectivity index (χ2v) is 12.0. The molecule has 3 heterocycles. The van der Waals surface area contributed by atoms with Gasteiger partial charge in [-0.1, -0.05) is 127 Å². The van der Waals surface area contributed by atoms with Crippen LogP contribution < -0.4 is 9.47 Å². The summed E-state index contributed by atoms with van der Waals surface area (Å²) in [7, 11) is 0. The zero-order valence-electron chi connectivity index (χ0n) is 24.9. The minimum atomic E-state index is -0.642. The summed E-state index contributed by atoms with van der Waals surface area (Å²) in [6.45, 7) is 0. The van der Waals surface area contributed by atoms with Crippen LogP contribution in [0.15, 0.2) is 164 Å². The molecule has 8 aromatic rings. The first-order valence-electron chi connectivity index (χ1n) is 15.7. The molecule has 0 radical (unpaired) electrons. The summed E-state index contributed by atoms with van der Waals surface area (Å²) in [6, 6.07) is 58.0. The molecule has 10 rings (SSSR count). The van der Waals surface area contributed by atoms with Gasteiger partial charge in [-0.15, -0.1) is 0 Å². The van der Waals surface area contributed by atoms with Crippen molar-refractivity contribution in [3.8, 4) is 39.8 Å². The van der Waals surface area contributed by atoms with Crippen molar-refractivity contribution in [2.24, 2.45) is 0 Å². The highest BCUT2D eigenvalue weighted by atomic mass is 16.5. The molecule has 0 atom stereocenters. The van der Waals surface area contributed by atoms with Crippen molar-refractivity contribution in [2.75, 3.05) is 0 Å². The van der Waals surface area contributed by atoms with Crippen LogP contribution in [0.3, 0.4) is 0 Å². The molecule has 3 nitrogen and oxygen atoms in total. The zero-order chi connectivity index (χ0) is 30.2. The third-order valence-corrected chi connectivity index (χ3v) is 9.71. The summed E-state index contributed by atoms with van der Waals surface area (Å²) >= 11 is 0. The maximum Gasteiger partial charge on any atom is 0.156 e. The molecular weight excluding hydrogens is 562 g/mol. The summed E-state index contributed by atoms with van der Waals surface area (Å²) < 4.78 is 16.0. The van der Waals surface area contributed by atoms with E-state index < -0.39 is 5.41 Å². The molecule has 0 unspecified atom stereocenters. The summed E-state index contributed by atoms with van der Waals surface area (Å²) in [6.07, 6.45) is 0. The van der Waals surface area contributed by atoms with Crippen LogP contribution in [0.5, 0.6) is 23.0 Å². The molecule has 46 heavy (non-hydrogen) atoms. The Balaban J connectivity index is 1.36. The van der Waals surface area contributed by atoms with Crippen LogP contribution in [0.2, 0.25) is 0 Å². The molecule has 1 spiro atoms. The van der Waals surface area contributed by atoms with Crippen LogP contribution in [-0.2, 0) is 5.41 Å². The Morgan fingerprint density at radius 2 is 1.00 bits per heavy atom. The van der Waals surface area contributed by atoms with Gasteiger partial charge in [0, 0.05) is 38.7 Å². The second kappa shape index (κ2) is 9.47. The SMILES string of the molecule is c1ccc(-c2cccc(-n3c4ccccc4c4ccc5c(c43)Oc3ccccc3C53c4ccccc4Oc4ccccc43)c2)cc1. The Bertz CT molecular complexity index is 2430. The lowest BCUT2D eigenvalue weighted by atomic mass is 9.62. The minimum absolute atomic E-state index is 0.642. The Kier molecular flexibility index (Phi) is 5.20. The highest BCUT2D eigenvalue weighted by molar-refractivity contribution is 6.12. The molecule has 216 valence electrons. The lowest BCUT2D eigenvalue weighted by Crippen LogP contribution is -2.36. The first-order chi connectivity index (χ1) is 22.8. The molecular formula is C43H27NO2. The first kappa shape index (κ1) is 25.3. The van der Waals surface area contributed by atoms with Gasteiger partial charge in [0.2, 0.25) is 0 Å². The lowest BCUT2D eigenvalue weighted by molar-refractivity contribution is 0.401. The maximum atomic E-state index is 7.09. The molecule has 0 amide bonds. The molecule has 0 fully saturated rings. The van der Waals surface area contributed by atoms with Gasteiger partial charge in [0.05, 0.1) is 16.4 Å². The predicted octanol–water partition coefficient (Wildman–Crippen LogP) is 11.0. The molecule has 2 aliphatic heterocycles. The third-order valence-electron chi connectivity index (χ3n) is 9.71. The van der Waals surface area contributed by atoms with Crippen LogP contribution in [0.25, 0.3) is 38.6 Å². The van der Waals surface area contributed by atoms with Gasteiger partial charge in [0.25, 0.3) is 0 Å². The fourth-order valence-electron chi connectivity index (χ4n) is 7.84. The fraction of sp³-hybridized carbons (Fsp3) is 0.0233. The average Bonchev–Trinajstić information content (AvgIpc) is 3.47. The van der Waals surface area contributed by atoms with Crippen LogP contribution in [-0.4, -0.2) is 4.57 Å². The number of hydrogen-bond donors (Lipinski definition) is 0. The van der Waals surface area contributed by atoms with E-state index in [1.807, 2.05) is 12.1 Å². The molecule has 0 N–H and O–H groups in total. The Hall–Kier alpha value is -6.06. The van der Waals surface area contributed by atoms with Gasteiger partial charge in [0.1, 0.15) is 17.2 Å². The van der Waals surface area contributed by atoms with Gasteiger partial charge < -0.3 is 14.0 Å². The largest absolute Gasteiger partial charge is 0.457 e. The van der Waals surface area contributed by atoms with Gasteiger partial charge in [-0.3, -0.25) is 0 Å². The van der Waals surface area contributed by atoms with Crippen molar-refractivity contribution in [3.63, 3.8) is 0 Å². The van der Waals surface area contributed by atoms with E-state index in [2.05, 4.69) is 156 Å². The Morgan fingerprint density at radius 1 is 0.413 bits per heavy atom. The number of nitrogens with zero attached hydrogens (tertiary/aromatic N) is 1. The van der Waals surface area contributed by atoms with Gasteiger partial charge in [0.15, 0.2) is 5.75 Å². The number of ether oxygens (including phenoxy) is 2. The van der Waals surface area contributed by atoms with E-state index in [-0.39, 0.29) is 0 Å². The Labute approximate surface area is 266 Å². The molecule has 1 aromatic heterocycles. The van der Waals surface area contributed by atoms with Crippen LogP contribution in [0, 0.1) is 0 Å². The quantitative estimate of drug-likeness (QED) is 0.200. The van der Waals surface area contributed by atoms with Crippen molar-refractivity contribution in [1.82, 2.24) is 4.57 Å². The summed E-state index contributed by atoms with van der Waals surface area (Å²) in [5.41, 5.74) is 9.43. The number of hydrogen-bond acceptors (Lipinski definition) is 2. The van der Waals surface area contributed by atoms with Gasteiger partial charge in [-0.25, -0.2) is 0 Å². The molecule has 0 bridgehead atoms. The highest BCUT2D eigenvalue weighted by Crippen LogP contribution is 2.62. The monoisotopic (exact) mass is 589 g/mol. The van der Waals surface area contributed by atoms with Crippen molar-refractivity contribution >= 4 is 21.8 Å². The zero-order valence-corrected chi connectivity index (χ0v) is 24.9. The van der Waals surface area contributed by atoms with Gasteiger partial charge >= 0.3 is 0 Å². The molecule has 0 saturated carbocycles. The van der Waals surface area contributed by atoms with Crippen LogP contribution >= 0.6 is 0 Å². The summed E-state index contributed by atoms with van der Waals surface area (Å²) in [5, 5.41) is 2.34. The van der Waals surface area contributed by atoms with E-state index in [9.17, 15) is 0 Å². The number of aromatic nitrogens is 1. The van der Waals surface area contributed by atoms with Gasteiger partial charge in [-0.2, -0.15) is 0 Å². The van der Waals surface area contributed by atoms with E-state index in [1.54, 1.807) is 0 Å². The number of fused-ring (bicyclic) bond motifs is 12. The standard InChI is InChI=1S/C43H27NO2/c1-2-13-28(14-3-1)29-15-12-16-30(27-29)44-37-21-8-4-17-31(37)32-25-26-36-42(41(32)44)46-40-24-11-7-20-35(40)43(36)33-18-5-9-22-38(33)45-39-23-10-6-19-34(39)43/h1-27H. The van der Waals surface area contributed by atoms with E-state index >= 15 is 0 Å². The second-order valence-electron chi connectivity index (χ2n) is 12.0. The average molecular weight is 590 g/mol. The van der Waals surface area contributed by atoms with Crippen molar-refractivity contribution in [2.45, 2.75) is 5.41 Å². The van der Waals surface area contributed by atoms with Crippen LogP contribution in [0.1, 0.15) is 22.3 Å². The van der Waals surface area contributed by atoms with Crippen molar-refractivity contribution in [1.29, 1.82) is 0 Å². The predicted molar refractivity (Wildman–Crippen MR) is 185 cm³/mol. The maximum absolute atomic E-state index is 7.09. The molecule has 2 aliphatic rings. The molecule has 3 heteroatoms. The first-order valence-corrected chi connectivity index (χ1v) is 15.7. The van der Waals surface area contributed by atoms with Crippen LogP contribution in [0.4, 0.5) is 0 Å². The van der Waals surface area contributed by atoms with Gasteiger partial charge in [-0.05, 0) is 47.5 Å². The number of para-hydroxylation sites is 4. The number of rotatable bonds is 2. The number of benzene rings is 7. The van der Waals surface area contributed by atoms with E-state index in [0.717, 1.165) is 67.4 Å². The van der Waals surface area contributed by atoms with E-state index in [1.165, 1.54) is 16.5 Å². The van der Waals surface area contributed by atoms with Crippen molar-refractivity contribution in [3.05, 3.63) is 186 Å². The lowest BCUT2D eigenvalue weighted by Gasteiger charge is -2.44. The molecule has 0 aliphatic carbocycles. The minimum Gasteiger partial charge on any atom is -0.457 e. The smallest absolute Gasteiger partial charge is 0.156 e. The fourth-order valence-corrected chi connectivity index (χ4v) is 7.84. The summed E-state index contributed by atoms with van der Waals surface area (Å²) in [4.78, 5) is 0. The summed E-state index contributed by atoms with van der Waals surface area (Å²) in [5.74, 6) is 3.44. The van der Waals surface area contributed by atoms with Crippen molar-refractivity contribution < 1.29 is 9.47 Å². The molecule has 0 saturated heterocycles. The topological polar surface area (TPSA) is 23.4 Å².